The van der Waals surface area contributed by atoms with Gasteiger partial charge in [0.2, 0.25) is 0 Å². The Morgan fingerprint density at radius 2 is 1.69 bits per heavy atom. The van der Waals surface area contributed by atoms with E-state index in [0.717, 1.165) is 31.7 Å². The lowest BCUT2D eigenvalue weighted by atomic mass is 10.0. The van der Waals surface area contributed by atoms with Crippen LogP contribution in [0.15, 0.2) is 48.5 Å². The smallest absolute Gasteiger partial charge is 0.251 e. The highest BCUT2D eigenvalue weighted by atomic mass is 35.5. The van der Waals surface area contributed by atoms with Crippen molar-refractivity contribution in [3.8, 4) is 0 Å². The second-order valence-electron chi connectivity index (χ2n) is 6.62. The third-order valence-electron chi connectivity index (χ3n) is 4.80. The van der Waals surface area contributed by atoms with E-state index in [1.54, 1.807) is 36.4 Å². The van der Waals surface area contributed by atoms with E-state index in [1.807, 2.05) is 0 Å². The predicted octanol–water partition coefficient (Wildman–Crippen LogP) is 3.20. The average Bonchev–Trinajstić information content (AvgIpc) is 2.65. The number of piperazine rings is 1. The zero-order chi connectivity index (χ0) is 18.5. The van der Waals surface area contributed by atoms with Crippen LogP contribution in [0.1, 0.15) is 22.0 Å². The molecule has 1 aliphatic rings. The molecule has 2 aromatic carbocycles. The summed E-state index contributed by atoms with van der Waals surface area (Å²) in [5, 5.41) is 3.61. The first-order valence-electron chi connectivity index (χ1n) is 8.75. The normalized spacial score (nSPS) is 17.0. The second kappa shape index (κ2) is 8.62. The Morgan fingerprint density at radius 3 is 2.31 bits per heavy atom. The molecule has 1 fully saturated rings. The molecule has 1 atom stereocenters. The lowest BCUT2D eigenvalue weighted by Gasteiger charge is -2.38. The van der Waals surface area contributed by atoms with Crippen molar-refractivity contribution in [1.82, 2.24) is 15.1 Å². The van der Waals surface area contributed by atoms with Crippen LogP contribution in [0.25, 0.3) is 0 Å². The molecule has 1 N–H and O–H groups in total. The molecule has 3 rings (SSSR count). The summed E-state index contributed by atoms with van der Waals surface area (Å²) in [6, 6.07) is 13.4. The lowest BCUT2D eigenvalue weighted by Crippen LogP contribution is -2.48. The molecule has 2 aromatic rings. The Bertz CT molecular complexity index is 728. The van der Waals surface area contributed by atoms with E-state index in [0.29, 0.717) is 17.1 Å². The minimum absolute atomic E-state index is 0.0144. The van der Waals surface area contributed by atoms with Crippen LogP contribution in [-0.4, -0.2) is 55.5 Å². The van der Waals surface area contributed by atoms with E-state index in [9.17, 15) is 9.18 Å². The SMILES string of the molecule is CN1CCN([C@H](CNC(=O)c2ccc(Cl)cc2)c2ccc(F)cc2)CC1. The number of hydrogen-bond acceptors (Lipinski definition) is 3. The first kappa shape index (κ1) is 18.8. The van der Waals surface area contributed by atoms with Crippen LogP contribution < -0.4 is 5.32 Å². The van der Waals surface area contributed by atoms with Crippen molar-refractivity contribution in [3.63, 3.8) is 0 Å². The number of hydrogen-bond donors (Lipinski definition) is 1. The molecule has 4 nitrogen and oxygen atoms in total. The lowest BCUT2D eigenvalue weighted by molar-refractivity contribution is 0.0886. The highest BCUT2D eigenvalue weighted by Crippen LogP contribution is 2.22. The van der Waals surface area contributed by atoms with Gasteiger partial charge >= 0.3 is 0 Å². The Kier molecular flexibility index (Phi) is 6.25. The van der Waals surface area contributed by atoms with Gasteiger partial charge in [0.05, 0.1) is 6.04 Å². The van der Waals surface area contributed by atoms with E-state index in [4.69, 9.17) is 11.6 Å². The highest BCUT2D eigenvalue weighted by molar-refractivity contribution is 6.30. The predicted molar refractivity (Wildman–Crippen MR) is 102 cm³/mol. The van der Waals surface area contributed by atoms with Crippen molar-refractivity contribution in [3.05, 3.63) is 70.5 Å². The van der Waals surface area contributed by atoms with Gasteiger partial charge in [0.25, 0.3) is 5.91 Å². The average molecular weight is 376 g/mol. The maximum Gasteiger partial charge on any atom is 0.251 e. The Morgan fingerprint density at radius 1 is 1.08 bits per heavy atom. The molecule has 0 bridgehead atoms. The van der Waals surface area contributed by atoms with Crippen molar-refractivity contribution >= 4 is 17.5 Å². The summed E-state index contributed by atoms with van der Waals surface area (Å²) in [5.41, 5.74) is 1.58. The van der Waals surface area contributed by atoms with Crippen LogP contribution >= 0.6 is 11.6 Å². The van der Waals surface area contributed by atoms with Crippen molar-refractivity contribution in [2.75, 3.05) is 39.8 Å². The number of rotatable bonds is 5. The Hall–Kier alpha value is -1.95. The molecular formula is C20H23ClFN3O. The molecule has 0 radical (unpaired) electrons. The fraction of sp³-hybridized carbons (Fsp3) is 0.350. The summed E-state index contributed by atoms with van der Waals surface area (Å²) in [7, 11) is 2.10. The Labute approximate surface area is 158 Å². The third kappa shape index (κ3) is 4.81. The Balaban J connectivity index is 1.71. The molecule has 1 saturated heterocycles. The fourth-order valence-corrected chi connectivity index (χ4v) is 3.29. The topological polar surface area (TPSA) is 35.6 Å². The molecule has 1 aliphatic heterocycles. The molecule has 0 saturated carbocycles. The first-order valence-corrected chi connectivity index (χ1v) is 9.12. The summed E-state index contributed by atoms with van der Waals surface area (Å²) < 4.78 is 13.3. The number of amides is 1. The van der Waals surface area contributed by atoms with Crippen LogP contribution in [0.3, 0.4) is 0 Å². The zero-order valence-corrected chi connectivity index (χ0v) is 15.5. The van der Waals surface area contributed by atoms with Gasteiger partial charge in [0.1, 0.15) is 5.82 Å². The molecular weight excluding hydrogens is 353 g/mol. The maximum absolute atomic E-state index is 13.3. The molecule has 1 amide bonds. The minimum Gasteiger partial charge on any atom is -0.350 e. The third-order valence-corrected chi connectivity index (χ3v) is 5.05. The van der Waals surface area contributed by atoms with Gasteiger partial charge in [-0.25, -0.2) is 4.39 Å². The number of nitrogens with one attached hydrogen (secondary N) is 1. The van der Waals surface area contributed by atoms with Gasteiger partial charge in [-0.2, -0.15) is 0 Å². The fourth-order valence-electron chi connectivity index (χ4n) is 3.17. The van der Waals surface area contributed by atoms with Crippen molar-refractivity contribution in [1.29, 1.82) is 0 Å². The van der Waals surface area contributed by atoms with E-state index >= 15 is 0 Å². The van der Waals surface area contributed by atoms with Crippen LogP contribution in [0, 0.1) is 5.82 Å². The van der Waals surface area contributed by atoms with Gasteiger partial charge in [-0.05, 0) is 49.0 Å². The van der Waals surface area contributed by atoms with Crippen LogP contribution in [0.4, 0.5) is 4.39 Å². The largest absolute Gasteiger partial charge is 0.350 e. The van der Waals surface area contributed by atoms with Crippen LogP contribution in [0.2, 0.25) is 5.02 Å². The van der Waals surface area contributed by atoms with Crippen molar-refractivity contribution in [2.24, 2.45) is 0 Å². The number of carbonyl (C=O) groups excluding carboxylic acids is 1. The van der Waals surface area contributed by atoms with Crippen molar-refractivity contribution < 1.29 is 9.18 Å². The maximum atomic E-state index is 13.3. The first-order chi connectivity index (χ1) is 12.5. The van der Waals surface area contributed by atoms with Crippen molar-refractivity contribution in [2.45, 2.75) is 6.04 Å². The molecule has 26 heavy (non-hydrogen) atoms. The minimum atomic E-state index is -0.254. The number of carbonyl (C=O) groups is 1. The van der Waals surface area contributed by atoms with Gasteiger partial charge in [-0.15, -0.1) is 0 Å². The summed E-state index contributed by atoms with van der Waals surface area (Å²) in [6.45, 7) is 4.24. The van der Waals surface area contributed by atoms with Crippen LogP contribution in [-0.2, 0) is 0 Å². The van der Waals surface area contributed by atoms with Crippen LogP contribution in [0.5, 0.6) is 0 Å². The standard InChI is InChI=1S/C20H23ClFN3O/c1-24-10-12-25(13-11-24)19(15-4-8-18(22)9-5-15)14-23-20(26)16-2-6-17(21)7-3-16/h2-9,19H,10-14H2,1H3,(H,23,26)/t19-/m1/s1. The summed E-state index contributed by atoms with van der Waals surface area (Å²) >= 11 is 5.88. The zero-order valence-electron chi connectivity index (χ0n) is 14.8. The molecule has 0 aromatic heterocycles. The second-order valence-corrected chi connectivity index (χ2v) is 7.06. The molecule has 0 aliphatic carbocycles. The molecule has 138 valence electrons. The number of likely N-dealkylation sites (N-methyl/N-ethyl adjacent to an activating group) is 1. The summed E-state index contributed by atoms with van der Waals surface area (Å²) in [5.74, 6) is -0.390. The molecule has 6 heteroatoms. The van der Waals surface area contributed by atoms with E-state index in [2.05, 4.69) is 22.2 Å². The number of halogens is 2. The monoisotopic (exact) mass is 375 g/mol. The highest BCUT2D eigenvalue weighted by Gasteiger charge is 2.24. The molecule has 0 unspecified atom stereocenters. The summed E-state index contributed by atoms with van der Waals surface area (Å²) in [4.78, 5) is 17.1. The number of benzene rings is 2. The van der Waals surface area contributed by atoms with Gasteiger partial charge in [-0.3, -0.25) is 9.69 Å². The van der Waals surface area contributed by atoms with Gasteiger partial charge < -0.3 is 10.2 Å². The quantitative estimate of drug-likeness (QED) is 0.871. The van der Waals surface area contributed by atoms with E-state index in [1.165, 1.54) is 12.1 Å². The number of nitrogens with zero attached hydrogens (tertiary/aromatic N) is 2. The molecule has 0 spiro atoms. The van der Waals surface area contributed by atoms with Gasteiger partial charge in [0, 0.05) is 43.3 Å². The molecule has 1 heterocycles. The van der Waals surface area contributed by atoms with E-state index in [-0.39, 0.29) is 17.8 Å². The summed E-state index contributed by atoms with van der Waals surface area (Å²) in [6.07, 6.45) is 0. The van der Waals surface area contributed by atoms with Gasteiger partial charge in [0.15, 0.2) is 0 Å². The van der Waals surface area contributed by atoms with Gasteiger partial charge in [-0.1, -0.05) is 23.7 Å². The van der Waals surface area contributed by atoms with E-state index < -0.39 is 0 Å².